The molecule has 1 N–H and O–H groups in total. The fraction of sp³-hybridized carbons (Fsp3) is 0.500. The van der Waals surface area contributed by atoms with Crippen molar-refractivity contribution in [2.24, 2.45) is 4.99 Å². The van der Waals surface area contributed by atoms with E-state index in [0.717, 1.165) is 22.2 Å². The normalized spacial score (nSPS) is 15.4. The highest BCUT2D eigenvalue weighted by Gasteiger charge is 2.24. The average Bonchev–Trinajstić information content (AvgIpc) is 3.05. The van der Waals surface area contributed by atoms with E-state index in [1.54, 1.807) is 42.6 Å². The zero-order chi connectivity index (χ0) is 18.4. The van der Waals surface area contributed by atoms with Crippen LogP contribution < -0.4 is 5.32 Å². The topological polar surface area (TPSA) is 67.8 Å². The Hall–Kier alpha value is -1.47. The lowest BCUT2D eigenvalue weighted by Gasteiger charge is -2.23. The van der Waals surface area contributed by atoms with Crippen LogP contribution in [-0.4, -0.2) is 40.2 Å². The summed E-state index contributed by atoms with van der Waals surface area (Å²) in [7, 11) is 0. The van der Waals surface area contributed by atoms with E-state index in [1.807, 2.05) is 32.9 Å². The molecule has 25 heavy (non-hydrogen) atoms. The fourth-order valence-corrected chi connectivity index (χ4v) is 4.15. The molecule has 1 aromatic rings. The molecule has 0 aromatic heterocycles. The summed E-state index contributed by atoms with van der Waals surface area (Å²) in [6.45, 7) is 8.10. The number of ether oxygens (including phenoxy) is 1. The monoisotopic (exact) mass is 380 g/mol. The lowest BCUT2D eigenvalue weighted by atomic mass is 10.1. The summed E-state index contributed by atoms with van der Waals surface area (Å²) in [5.41, 5.74) is 1.01. The molecule has 0 saturated carbocycles. The Kier molecular flexibility index (Phi) is 6.95. The zero-order valence-corrected chi connectivity index (χ0v) is 16.6. The van der Waals surface area contributed by atoms with Crippen LogP contribution in [0.25, 0.3) is 0 Å². The molecule has 0 unspecified atom stereocenters. The number of esters is 1. The summed E-state index contributed by atoms with van der Waals surface area (Å²) in [5, 5.41) is 2.81. The molecule has 1 aromatic carbocycles. The van der Waals surface area contributed by atoms with Crippen molar-refractivity contribution in [2.75, 3.05) is 12.3 Å². The van der Waals surface area contributed by atoms with Crippen molar-refractivity contribution in [2.45, 2.75) is 45.1 Å². The summed E-state index contributed by atoms with van der Waals surface area (Å²) in [4.78, 5) is 29.0. The van der Waals surface area contributed by atoms with Crippen LogP contribution in [0.15, 0.2) is 29.3 Å². The smallest absolute Gasteiger partial charge is 0.339 e. The molecule has 1 aliphatic heterocycles. The molecule has 1 heterocycles. The number of hydrogen-bond donors (Lipinski definition) is 1. The van der Waals surface area contributed by atoms with Crippen molar-refractivity contribution in [3.05, 3.63) is 35.4 Å². The Morgan fingerprint density at radius 2 is 2.08 bits per heavy atom. The first-order chi connectivity index (χ1) is 11.8. The van der Waals surface area contributed by atoms with Crippen LogP contribution in [0.5, 0.6) is 0 Å². The van der Waals surface area contributed by atoms with E-state index in [4.69, 9.17) is 4.74 Å². The highest BCUT2D eigenvalue weighted by Crippen LogP contribution is 2.26. The number of carbonyl (C=O) groups is 2. The second kappa shape index (κ2) is 8.76. The minimum Gasteiger partial charge on any atom is -0.449 e. The Bertz CT molecular complexity index is 669. The summed E-state index contributed by atoms with van der Waals surface area (Å²) in [5.74, 6) is 0.893. The third-order valence-corrected chi connectivity index (χ3v) is 5.60. The van der Waals surface area contributed by atoms with Crippen LogP contribution in [0.2, 0.25) is 0 Å². The van der Waals surface area contributed by atoms with Crippen LogP contribution >= 0.6 is 23.5 Å². The number of benzene rings is 1. The van der Waals surface area contributed by atoms with Gasteiger partial charge in [0.25, 0.3) is 5.91 Å². The average molecular weight is 381 g/mol. The number of carbonyl (C=O) groups excluding carboxylic acids is 2. The van der Waals surface area contributed by atoms with Crippen molar-refractivity contribution in [3.63, 3.8) is 0 Å². The first-order valence-electron chi connectivity index (χ1n) is 8.17. The molecule has 0 saturated heterocycles. The molecular weight excluding hydrogens is 356 g/mol. The molecule has 0 aliphatic carbocycles. The summed E-state index contributed by atoms with van der Waals surface area (Å²) >= 11 is 3.37. The number of nitrogens with one attached hydrogen (secondary N) is 1. The van der Waals surface area contributed by atoms with Gasteiger partial charge in [0.15, 0.2) is 6.10 Å². The predicted molar refractivity (Wildman–Crippen MR) is 105 cm³/mol. The van der Waals surface area contributed by atoms with Gasteiger partial charge in [-0.25, -0.2) is 4.79 Å². The van der Waals surface area contributed by atoms with Crippen molar-refractivity contribution >= 4 is 39.8 Å². The maximum Gasteiger partial charge on any atom is 0.339 e. The number of amides is 1. The second-order valence-corrected chi connectivity index (χ2v) is 9.03. The lowest BCUT2D eigenvalue weighted by molar-refractivity contribution is -0.130. The summed E-state index contributed by atoms with van der Waals surface area (Å²) in [6.07, 6.45) is -0.845. The predicted octanol–water partition coefficient (Wildman–Crippen LogP) is 3.48. The maximum atomic E-state index is 12.5. The van der Waals surface area contributed by atoms with Gasteiger partial charge in [0.1, 0.15) is 4.38 Å². The van der Waals surface area contributed by atoms with Gasteiger partial charge < -0.3 is 10.1 Å². The SMILES string of the molecule is C[C@@H](OC(=O)c1ccccc1CSC1=NCCS1)C(=O)NC(C)(C)C. The van der Waals surface area contributed by atoms with Gasteiger partial charge in [-0.3, -0.25) is 9.79 Å². The minimum atomic E-state index is -0.845. The summed E-state index contributed by atoms with van der Waals surface area (Å²) in [6, 6.07) is 7.33. The number of hydrogen-bond acceptors (Lipinski definition) is 6. The van der Waals surface area contributed by atoms with E-state index in [9.17, 15) is 9.59 Å². The molecule has 1 aliphatic rings. The molecule has 136 valence electrons. The van der Waals surface area contributed by atoms with Gasteiger partial charge in [0.05, 0.1) is 12.1 Å². The standard InChI is InChI=1S/C18H24N2O3S2/c1-12(15(21)20-18(2,3)4)23-16(22)14-8-6-5-7-13(14)11-25-17-19-9-10-24-17/h5-8,12H,9-11H2,1-4H3,(H,20,21)/t12-/m1/s1. The fourth-order valence-electron chi connectivity index (χ4n) is 2.14. The maximum absolute atomic E-state index is 12.5. The highest BCUT2D eigenvalue weighted by atomic mass is 32.2. The van der Waals surface area contributed by atoms with Crippen molar-refractivity contribution in [1.29, 1.82) is 0 Å². The molecule has 2 rings (SSSR count). The van der Waals surface area contributed by atoms with Gasteiger partial charge >= 0.3 is 5.97 Å². The van der Waals surface area contributed by atoms with E-state index in [0.29, 0.717) is 11.3 Å². The van der Waals surface area contributed by atoms with Gasteiger partial charge in [-0.15, -0.1) is 0 Å². The molecule has 1 atom stereocenters. The number of nitrogens with zero attached hydrogens (tertiary/aromatic N) is 1. The zero-order valence-electron chi connectivity index (χ0n) is 15.0. The Morgan fingerprint density at radius 1 is 1.36 bits per heavy atom. The van der Waals surface area contributed by atoms with Crippen molar-refractivity contribution in [3.8, 4) is 0 Å². The van der Waals surface area contributed by atoms with Crippen LogP contribution in [-0.2, 0) is 15.3 Å². The lowest BCUT2D eigenvalue weighted by Crippen LogP contribution is -2.46. The van der Waals surface area contributed by atoms with E-state index >= 15 is 0 Å². The van der Waals surface area contributed by atoms with Crippen LogP contribution in [0.4, 0.5) is 0 Å². The molecular formula is C18H24N2O3S2. The highest BCUT2D eigenvalue weighted by molar-refractivity contribution is 8.38. The Labute approximate surface area is 157 Å². The molecule has 7 heteroatoms. The van der Waals surface area contributed by atoms with Gasteiger partial charge in [0.2, 0.25) is 0 Å². The number of rotatable bonds is 5. The molecule has 0 spiro atoms. The van der Waals surface area contributed by atoms with Crippen molar-refractivity contribution < 1.29 is 14.3 Å². The van der Waals surface area contributed by atoms with Crippen molar-refractivity contribution in [1.82, 2.24) is 5.32 Å². The third-order valence-electron chi connectivity index (χ3n) is 3.30. The first-order valence-corrected chi connectivity index (χ1v) is 10.1. The number of thioether (sulfide) groups is 2. The van der Waals surface area contributed by atoms with E-state index in [1.165, 1.54) is 0 Å². The van der Waals surface area contributed by atoms with Gasteiger partial charge in [-0.05, 0) is 39.3 Å². The van der Waals surface area contributed by atoms with Gasteiger partial charge in [0, 0.05) is 17.0 Å². The Morgan fingerprint density at radius 3 is 2.72 bits per heavy atom. The van der Waals surface area contributed by atoms with E-state index < -0.39 is 12.1 Å². The molecule has 0 fully saturated rings. The molecule has 0 radical (unpaired) electrons. The largest absolute Gasteiger partial charge is 0.449 e. The number of aliphatic imine (C=N–C) groups is 1. The summed E-state index contributed by atoms with van der Waals surface area (Å²) < 4.78 is 6.42. The van der Waals surface area contributed by atoms with Gasteiger partial charge in [-0.2, -0.15) is 0 Å². The minimum absolute atomic E-state index is 0.301. The molecule has 1 amide bonds. The van der Waals surface area contributed by atoms with Gasteiger partial charge in [-0.1, -0.05) is 41.7 Å². The molecule has 0 bridgehead atoms. The van der Waals surface area contributed by atoms with E-state index in [2.05, 4.69) is 10.3 Å². The Balaban J connectivity index is 1.99. The quantitative estimate of drug-likeness (QED) is 0.792. The molecule has 5 nitrogen and oxygen atoms in total. The first kappa shape index (κ1) is 19.8. The van der Waals surface area contributed by atoms with Crippen LogP contribution in [0, 0.1) is 0 Å². The van der Waals surface area contributed by atoms with E-state index in [-0.39, 0.29) is 11.4 Å². The van der Waals surface area contributed by atoms with Crippen LogP contribution in [0.1, 0.15) is 43.6 Å². The van der Waals surface area contributed by atoms with Crippen LogP contribution in [0.3, 0.4) is 0 Å². The second-order valence-electron chi connectivity index (χ2n) is 6.73. The third kappa shape index (κ3) is 6.40.